The number of nitrogens with zero attached hydrogens (tertiary/aromatic N) is 1. The average molecular weight is 474 g/mol. The van der Waals surface area contributed by atoms with Crippen LogP contribution in [0.15, 0.2) is 78.4 Å². The lowest BCUT2D eigenvalue weighted by Crippen LogP contribution is -2.19. The van der Waals surface area contributed by atoms with Crippen LogP contribution < -0.4 is 14.2 Å². The zero-order chi connectivity index (χ0) is 25.2. The van der Waals surface area contributed by atoms with Crippen molar-refractivity contribution in [2.75, 3.05) is 34.4 Å². The van der Waals surface area contributed by atoms with Crippen LogP contribution in [0, 0.1) is 0 Å². The molecular weight excluding hydrogens is 438 g/mol. The van der Waals surface area contributed by atoms with Crippen LogP contribution >= 0.6 is 0 Å². The predicted molar refractivity (Wildman–Crippen MR) is 141 cm³/mol. The molecule has 184 valence electrons. The maximum Gasteiger partial charge on any atom is 0.310 e. The number of methoxy groups -OCH3 is 1. The number of likely N-dealkylation sites (N-methyl/N-ethyl adjacent to an activating group) is 1. The van der Waals surface area contributed by atoms with Crippen molar-refractivity contribution >= 4 is 11.5 Å². The van der Waals surface area contributed by atoms with Crippen LogP contribution in [0.5, 0.6) is 17.2 Å². The van der Waals surface area contributed by atoms with Crippen molar-refractivity contribution in [3.63, 3.8) is 0 Å². The molecule has 5 nitrogen and oxygen atoms in total. The van der Waals surface area contributed by atoms with Crippen LogP contribution in [-0.2, 0) is 11.2 Å². The number of esters is 1. The molecule has 0 saturated carbocycles. The molecule has 0 radical (unpaired) electrons. The third-order valence-electron chi connectivity index (χ3n) is 5.64. The van der Waals surface area contributed by atoms with E-state index in [-0.39, 0.29) is 5.97 Å². The van der Waals surface area contributed by atoms with Gasteiger partial charge in [0.25, 0.3) is 0 Å². The van der Waals surface area contributed by atoms with E-state index in [4.69, 9.17) is 14.2 Å². The Bertz CT molecular complexity index is 1130. The van der Waals surface area contributed by atoms with Gasteiger partial charge in [-0.2, -0.15) is 0 Å². The number of hydrogen-bond acceptors (Lipinski definition) is 5. The van der Waals surface area contributed by atoms with Crippen LogP contribution in [0.2, 0.25) is 0 Å². The van der Waals surface area contributed by atoms with Gasteiger partial charge in [-0.3, -0.25) is 4.79 Å². The van der Waals surface area contributed by atoms with Crippen LogP contribution in [0.4, 0.5) is 0 Å². The van der Waals surface area contributed by atoms with Gasteiger partial charge >= 0.3 is 5.97 Å². The van der Waals surface area contributed by atoms with Crippen LogP contribution in [0.1, 0.15) is 37.0 Å². The fraction of sp³-hybridized carbons (Fsp3) is 0.300. The molecule has 0 aromatic heterocycles. The quantitative estimate of drug-likeness (QED) is 0.252. The molecule has 0 fully saturated rings. The molecule has 3 aromatic rings. The standard InChI is InChI=1S/C30H35NO4/c1-6-29(32)35-27-16-12-25(13-17-27)30(22(2)20-23-8-7-9-28(21-23)33-5)24-10-14-26(15-11-24)34-19-18-31(3)4/h7-17,21H,6,18-20H2,1-5H3/b30-22-. The minimum Gasteiger partial charge on any atom is -0.497 e. The van der Waals surface area contributed by atoms with Gasteiger partial charge in [0.2, 0.25) is 0 Å². The van der Waals surface area contributed by atoms with Gasteiger partial charge in [0, 0.05) is 13.0 Å². The summed E-state index contributed by atoms with van der Waals surface area (Å²) in [6, 6.07) is 24.1. The van der Waals surface area contributed by atoms with E-state index in [0.717, 1.165) is 41.2 Å². The van der Waals surface area contributed by atoms with Crippen molar-refractivity contribution in [3.05, 3.63) is 95.1 Å². The number of hydrogen-bond donors (Lipinski definition) is 0. The molecule has 0 aliphatic carbocycles. The van der Waals surface area contributed by atoms with Crippen molar-refractivity contribution in [1.29, 1.82) is 0 Å². The van der Waals surface area contributed by atoms with Crippen molar-refractivity contribution < 1.29 is 19.0 Å². The summed E-state index contributed by atoms with van der Waals surface area (Å²) in [5.74, 6) is 2.00. The molecule has 0 unspecified atom stereocenters. The van der Waals surface area contributed by atoms with Gasteiger partial charge in [0.1, 0.15) is 23.9 Å². The second-order valence-corrected chi connectivity index (χ2v) is 8.71. The fourth-order valence-corrected chi connectivity index (χ4v) is 3.79. The summed E-state index contributed by atoms with van der Waals surface area (Å²) < 4.78 is 16.7. The van der Waals surface area contributed by atoms with E-state index in [0.29, 0.717) is 18.8 Å². The van der Waals surface area contributed by atoms with Crippen LogP contribution in [0.3, 0.4) is 0 Å². The molecule has 0 amide bonds. The molecule has 0 bridgehead atoms. The lowest BCUT2D eigenvalue weighted by atomic mass is 9.90. The third-order valence-corrected chi connectivity index (χ3v) is 5.64. The van der Waals surface area contributed by atoms with Crippen molar-refractivity contribution in [2.45, 2.75) is 26.7 Å². The largest absolute Gasteiger partial charge is 0.497 e. The highest BCUT2D eigenvalue weighted by atomic mass is 16.5. The summed E-state index contributed by atoms with van der Waals surface area (Å²) in [6.07, 6.45) is 1.12. The number of rotatable bonds is 11. The number of ether oxygens (including phenoxy) is 3. The van der Waals surface area contributed by atoms with E-state index >= 15 is 0 Å². The normalized spacial score (nSPS) is 11.7. The van der Waals surface area contributed by atoms with E-state index in [2.05, 4.69) is 36.1 Å². The minimum atomic E-state index is -0.243. The van der Waals surface area contributed by atoms with E-state index in [1.54, 1.807) is 14.0 Å². The Kier molecular flexibility index (Phi) is 9.50. The molecule has 3 rings (SSSR count). The van der Waals surface area contributed by atoms with E-state index in [1.165, 1.54) is 11.1 Å². The van der Waals surface area contributed by atoms with Crippen LogP contribution in [0.25, 0.3) is 5.57 Å². The predicted octanol–water partition coefficient (Wildman–Crippen LogP) is 6.02. The SMILES string of the molecule is CCC(=O)Oc1ccc(/C(=C(/C)Cc2cccc(OC)c2)c2ccc(OCCN(C)C)cc2)cc1. The Morgan fingerprint density at radius 1 is 0.857 bits per heavy atom. The van der Waals surface area contributed by atoms with Crippen molar-refractivity contribution in [3.8, 4) is 17.2 Å². The summed E-state index contributed by atoms with van der Waals surface area (Å²) in [5, 5.41) is 0. The van der Waals surface area contributed by atoms with E-state index < -0.39 is 0 Å². The maximum absolute atomic E-state index is 11.7. The van der Waals surface area contributed by atoms with Gasteiger partial charge < -0.3 is 19.1 Å². The first-order chi connectivity index (χ1) is 16.9. The summed E-state index contributed by atoms with van der Waals surface area (Å²) in [7, 11) is 5.74. The highest BCUT2D eigenvalue weighted by Crippen LogP contribution is 2.31. The molecule has 0 atom stereocenters. The highest BCUT2D eigenvalue weighted by molar-refractivity contribution is 5.83. The van der Waals surface area contributed by atoms with Crippen molar-refractivity contribution in [2.24, 2.45) is 0 Å². The van der Waals surface area contributed by atoms with E-state index in [9.17, 15) is 4.79 Å². The lowest BCUT2D eigenvalue weighted by molar-refractivity contribution is -0.134. The molecule has 3 aromatic carbocycles. The summed E-state index contributed by atoms with van der Waals surface area (Å²) in [5.41, 5.74) is 5.70. The maximum atomic E-state index is 11.7. The zero-order valence-corrected chi connectivity index (χ0v) is 21.3. The number of benzene rings is 3. The summed E-state index contributed by atoms with van der Waals surface area (Å²) in [6.45, 7) is 5.44. The molecule has 0 heterocycles. The first kappa shape index (κ1) is 26.0. The number of carbonyl (C=O) groups is 1. The Balaban J connectivity index is 1.93. The minimum absolute atomic E-state index is 0.243. The van der Waals surface area contributed by atoms with Gasteiger partial charge in [-0.25, -0.2) is 0 Å². The van der Waals surface area contributed by atoms with Crippen LogP contribution in [-0.4, -0.2) is 45.2 Å². The van der Waals surface area contributed by atoms with Gasteiger partial charge in [-0.15, -0.1) is 0 Å². The Morgan fingerprint density at radius 3 is 2.06 bits per heavy atom. The summed E-state index contributed by atoms with van der Waals surface area (Å²) in [4.78, 5) is 13.8. The molecule has 0 aliphatic heterocycles. The number of carbonyl (C=O) groups excluding carboxylic acids is 1. The monoisotopic (exact) mass is 473 g/mol. The van der Waals surface area contributed by atoms with Gasteiger partial charge in [-0.1, -0.05) is 48.9 Å². The first-order valence-electron chi connectivity index (χ1n) is 11.9. The fourth-order valence-electron chi connectivity index (χ4n) is 3.79. The molecular formula is C30H35NO4. The van der Waals surface area contributed by atoms with Gasteiger partial charge in [0.15, 0.2) is 0 Å². The Morgan fingerprint density at radius 2 is 1.49 bits per heavy atom. The van der Waals surface area contributed by atoms with E-state index in [1.807, 2.05) is 62.6 Å². The highest BCUT2D eigenvalue weighted by Gasteiger charge is 2.12. The molecule has 5 heteroatoms. The molecule has 35 heavy (non-hydrogen) atoms. The Labute approximate surface area is 208 Å². The molecule has 0 N–H and O–H groups in total. The lowest BCUT2D eigenvalue weighted by Gasteiger charge is -2.16. The number of allylic oxidation sites excluding steroid dienone is 1. The molecule has 0 aliphatic rings. The average Bonchev–Trinajstić information content (AvgIpc) is 2.86. The topological polar surface area (TPSA) is 48.0 Å². The molecule has 0 spiro atoms. The zero-order valence-electron chi connectivity index (χ0n) is 21.3. The smallest absolute Gasteiger partial charge is 0.310 e. The second kappa shape index (κ2) is 12.8. The summed E-state index contributed by atoms with van der Waals surface area (Å²) >= 11 is 0. The Hall–Kier alpha value is -3.57. The van der Waals surface area contributed by atoms with Gasteiger partial charge in [-0.05, 0) is 86.1 Å². The first-order valence-corrected chi connectivity index (χ1v) is 11.9. The molecule has 0 saturated heterocycles. The van der Waals surface area contributed by atoms with Crippen molar-refractivity contribution in [1.82, 2.24) is 4.90 Å². The second-order valence-electron chi connectivity index (χ2n) is 8.71. The third kappa shape index (κ3) is 7.72. The van der Waals surface area contributed by atoms with Gasteiger partial charge in [0.05, 0.1) is 7.11 Å².